The monoisotopic (exact) mass is 483 g/mol. The highest BCUT2D eigenvalue weighted by atomic mass is 79.9. The number of halogens is 1. The molecule has 1 aromatic heterocycles. The molecule has 0 fully saturated rings. The van der Waals surface area contributed by atoms with Crippen molar-refractivity contribution in [2.75, 3.05) is 0 Å². The predicted octanol–water partition coefficient (Wildman–Crippen LogP) is 4.01. The van der Waals surface area contributed by atoms with Crippen LogP contribution in [-0.4, -0.2) is 18.8 Å². The van der Waals surface area contributed by atoms with Crippen LogP contribution in [0.5, 0.6) is 0 Å². The molecular weight excluding hydrogens is 462 g/mol. The van der Waals surface area contributed by atoms with E-state index in [0.29, 0.717) is 17.7 Å². The summed E-state index contributed by atoms with van der Waals surface area (Å²) in [4.78, 5) is 11.6. The maximum atomic E-state index is 11.7. The summed E-state index contributed by atoms with van der Waals surface area (Å²) in [5.74, 6) is 0.147. The SMILES string of the molecule is Br.Cc1cc(C)c(S(=O)(=O)[O-])c(C)c1.O=C(C[n+]1ccsc1)c1ccccc1. The van der Waals surface area contributed by atoms with Crippen molar-refractivity contribution in [3.8, 4) is 0 Å². The summed E-state index contributed by atoms with van der Waals surface area (Å²) in [6.07, 6.45) is 1.91. The summed E-state index contributed by atoms with van der Waals surface area (Å²) in [6, 6.07) is 12.7. The minimum absolute atomic E-state index is 0. The summed E-state index contributed by atoms with van der Waals surface area (Å²) in [7, 11) is -4.33. The van der Waals surface area contributed by atoms with E-state index in [2.05, 4.69) is 0 Å². The molecule has 8 heteroatoms. The maximum absolute atomic E-state index is 11.7. The van der Waals surface area contributed by atoms with Gasteiger partial charge in [-0.3, -0.25) is 4.79 Å². The molecule has 28 heavy (non-hydrogen) atoms. The summed E-state index contributed by atoms with van der Waals surface area (Å²) < 4.78 is 34.4. The van der Waals surface area contributed by atoms with Gasteiger partial charge >= 0.3 is 0 Å². The van der Waals surface area contributed by atoms with Gasteiger partial charge in [0.25, 0.3) is 0 Å². The Morgan fingerprint density at radius 3 is 2.11 bits per heavy atom. The van der Waals surface area contributed by atoms with Crippen LogP contribution in [0.2, 0.25) is 0 Å². The van der Waals surface area contributed by atoms with Gasteiger partial charge in [0.15, 0.2) is 6.20 Å². The fourth-order valence-electron chi connectivity index (χ4n) is 2.79. The molecule has 0 aliphatic rings. The van der Waals surface area contributed by atoms with Gasteiger partial charge in [0.1, 0.15) is 10.1 Å². The Bertz CT molecular complexity index is 995. The molecular formula is C20H22BrNO4S2. The number of thiazole rings is 1. The predicted molar refractivity (Wildman–Crippen MR) is 114 cm³/mol. The van der Waals surface area contributed by atoms with Crippen LogP contribution in [-0.2, 0) is 16.7 Å². The molecule has 1 heterocycles. The van der Waals surface area contributed by atoms with Crippen molar-refractivity contribution < 1.29 is 22.3 Å². The Kier molecular flexibility index (Phi) is 9.16. The fourth-order valence-corrected chi connectivity index (χ4v) is 4.30. The van der Waals surface area contributed by atoms with Crippen molar-refractivity contribution in [1.29, 1.82) is 0 Å². The first-order valence-electron chi connectivity index (χ1n) is 8.21. The second kappa shape index (κ2) is 10.6. The van der Waals surface area contributed by atoms with Gasteiger partial charge in [-0.2, -0.15) is 4.57 Å². The molecule has 0 amide bonds. The van der Waals surface area contributed by atoms with Crippen LogP contribution in [0.4, 0.5) is 0 Å². The number of benzene rings is 2. The van der Waals surface area contributed by atoms with Gasteiger partial charge in [0.2, 0.25) is 17.8 Å². The largest absolute Gasteiger partial charge is 0.744 e. The van der Waals surface area contributed by atoms with Gasteiger partial charge in [0.05, 0.1) is 10.3 Å². The molecule has 3 aromatic rings. The van der Waals surface area contributed by atoms with Crippen LogP contribution in [0.1, 0.15) is 27.0 Å². The molecule has 0 bridgehead atoms. The average Bonchev–Trinajstić information content (AvgIpc) is 3.07. The Morgan fingerprint density at radius 1 is 1.07 bits per heavy atom. The molecule has 0 radical (unpaired) electrons. The number of carbonyl (C=O) groups excluding carboxylic acids is 1. The lowest BCUT2D eigenvalue weighted by Gasteiger charge is -2.14. The molecule has 150 valence electrons. The Labute approximate surface area is 180 Å². The molecule has 5 nitrogen and oxygen atoms in total. The van der Waals surface area contributed by atoms with E-state index in [1.807, 2.05) is 58.9 Å². The minimum atomic E-state index is -4.33. The van der Waals surface area contributed by atoms with Crippen molar-refractivity contribution in [3.63, 3.8) is 0 Å². The number of hydrogen-bond acceptors (Lipinski definition) is 5. The lowest BCUT2D eigenvalue weighted by Crippen LogP contribution is -2.34. The number of nitrogens with zero attached hydrogens (tertiary/aromatic N) is 1. The summed E-state index contributed by atoms with van der Waals surface area (Å²) in [6.45, 7) is 5.55. The molecule has 0 saturated carbocycles. The molecule has 0 N–H and O–H groups in total. The maximum Gasteiger partial charge on any atom is 0.227 e. The number of carbonyl (C=O) groups is 1. The van der Waals surface area contributed by atoms with E-state index in [-0.39, 0.29) is 27.7 Å². The Hall–Kier alpha value is -1.87. The van der Waals surface area contributed by atoms with E-state index in [4.69, 9.17) is 0 Å². The van der Waals surface area contributed by atoms with Crippen molar-refractivity contribution >= 4 is 44.2 Å². The van der Waals surface area contributed by atoms with Gasteiger partial charge in [-0.25, -0.2) is 8.42 Å². The molecule has 0 atom stereocenters. The number of hydrogen-bond donors (Lipinski definition) is 0. The number of Topliss-reactive ketones (excluding diaryl/α,β-unsaturated/α-hetero) is 1. The molecule has 0 aliphatic carbocycles. The third kappa shape index (κ3) is 6.94. The van der Waals surface area contributed by atoms with Crippen molar-refractivity contribution in [2.24, 2.45) is 0 Å². The van der Waals surface area contributed by atoms with E-state index in [1.165, 1.54) is 0 Å². The zero-order chi connectivity index (χ0) is 20.0. The van der Waals surface area contributed by atoms with Crippen LogP contribution < -0.4 is 4.57 Å². The normalized spacial score (nSPS) is 10.4. The molecule has 2 aromatic carbocycles. The van der Waals surface area contributed by atoms with Crippen LogP contribution in [0.25, 0.3) is 0 Å². The van der Waals surface area contributed by atoms with E-state index in [0.717, 1.165) is 11.1 Å². The van der Waals surface area contributed by atoms with Gasteiger partial charge in [-0.15, -0.1) is 17.0 Å². The van der Waals surface area contributed by atoms with E-state index in [9.17, 15) is 17.8 Å². The zero-order valence-electron chi connectivity index (χ0n) is 15.8. The van der Waals surface area contributed by atoms with Crippen molar-refractivity contribution in [1.82, 2.24) is 0 Å². The van der Waals surface area contributed by atoms with Crippen molar-refractivity contribution in [2.45, 2.75) is 32.2 Å². The molecule has 0 spiro atoms. The van der Waals surface area contributed by atoms with E-state index < -0.39 is 10.1 Å². The first-order chi connectivity index (χ1) is 12.7. The Balaban J connectivity index is 0.000000271. The zero-order valence-corrected chi connectivity index (χ0v) is 19.1. The quantitative estimate of drug-likeness (QED) is 0.319. The lowest BCUT2D eigenvalue weighted by molar-refractivity contribution is -0.678. The summed E-state index contributed by atoms with van der Waals surface area (Å²) in [5.41, 5.74) is 4.70. The minimum Gasteiger partial charge on any atom is -0.744 e. The van der Waals surface area contributed by atoms with Crippen LogP contribution in [0.15, 0.2) is 64.4 Å². The molecule has 3 rings (SSSR count). The number of aryl methyl sites for hydroxylation is 3. The van der Waals surface area contributed by atoms with Gasteiger partial charge in [-0.05, 0) is 31.9 Å². The number of ketones is 1. The third-order valence-electron chi connectivity index (χ3n) is 3.80. The second-order valence-electron chi connectivity index (χ2n) is 6.17. The van der Waals surface area contributed by atoms with E-state index >= 15 is 0 Å². The van der Waals surface area contributed by atoms with Gasteiger partial charge in [-0.1, -0.05) is 59.4 Å². The van der Waals surface area contributed by atoms with Gasteiger partial charge < -0.3 is 4.55 Å². The highest BCUT2D eigenvalue weighted by Gasteiger charge is 2.11. The topological polar surface area (TPSA) is 78.2 Å². The summed E-state index contributed by atoms with van der Waals surface area (Å²) in [5, 5.41) is 1.96. The molecule has 0 aliphatic heterocycles. The Morgan fingerprint density at radius 2 is 1.64 bits per heavy atom. The van der Waals surface area contributed by atoms with E-state index in [1.54, 1.807) is 37.3 Å². The first-order valence-corrected chi connectivity index (χ1v) is 10.6. The van der Waals surface area contributed by atoms with Crippen LogP contribution >= 0.6 is 28.3 Å². The third-order valence-corrected chi connectivity index (χ3v) is 5.62. The number of aromatic nitrogens is 1. The van der Waals surface area contributed by atoms with Crippen LogP contribution in [0.3, 0.4) is 0 Å². The average molecular weight is 484 g/mol. The highest BCUT2D eigenvalue weighted by Crippen LogP contribution is 2.20. The van der Waals surface area contributed by atoms with Crippen LogP contribution in [0, 0.1) is 20.8 Å². The standard InChI is InChI=1S/C11H10NOS.C9H12O3S.BrH/c13-11(8-12-6-7-14-9-12)10-4-2-1-3-5-10;1-6-4-7(2)9(8(3)5-6)13(10,11)12;/h1-7,9H,8H2;4-5H,1-3H3,(H,10,11,12);1H/q+1;;/p-1. The fraction of sp³-hybridized carbons (Fsp3) is 0.200. The lowest BCUT2D eigenvalue weighted by atomic mass is 10.1. The van der Waals surface area contributed by atoms with Crippen molar-refractivity contribution in [3.05, 3.63) is 81.8 Å². The summed E-state index contributed by atoms with van der Waals surface area (Å²) >= 11 is 1.59. The molecule has 0 unspecified atom stereocenters. The van der Waals surface area contributed by atoms with Gasteiger partial charge in [0, 0.05) is 5.56 Å². The smallest absolute Gasteiger partial charge is 0.227 e. The first kappa shape index (κ1) is 24.2. The highest BCUT2D eigenvalue weighted by molar-refractivity contribution is 8.93. The molecule has 0 saturated heterocycles. The second-order valence-corrected chi connectivity index (χ2v) is 8.24. The number of rotatable bonds is 4.